The van der Waals surface area contributed by atoms with Crippen LogP contribution in [0.4, 0.5) is 0 Å². The van der Waals surface area contributed by atoms with Crippen molar-refractivity contribution in [3.05, 3.63) is 123 Å². The number of hydrogen-bond acceptors (Lipinski definition) is 5. The lowest BCUT2D eigenvalue weighted by Gasteiger charge is -2.23. The van der Waals surface area contributed by atoms with Gasteiger partial charge in [-0.1, -0.05) is 99.0 Å². The standard InChI is InChI=1S/C22H33NO.C22H30O2.CH5N/c1-8-19(10-9-16(2)3)13-17(4)21-14-18(5)22(24-7)15-20(21)11-12-23-6;1-7-8-19-14-20(23-5)22(24-6)17(4)21(19)16(3)13-18-11-9-15(2)10-12-18;1-2/h8-10,14-15,17,23H,2,11-13H2,1,3-7H3;9-12,14,16H,7-8,13H2,1-6H3;2H2,1H3/b10-9-,19-8+;;. The summed E-state index contributed by atoms with van der Waals surface area (Å²) in [5.41, 5.74) is 17.6. The van der Waals surface area contributed by atoms with Crippen molar-refractivity contribution in [3.63, 3.8) is 0 Å². The number of aryl methyl sites for hydroxylation is 3. The zero-order valence-corrected chi connectivity index (χ0v) is 33.7. The van der Waals surface area contributed by atoms with Crippen LogP contribution in [-0.2, 0) is 19.3 Å². The average Bonchev–Trinajstić information content (AvgIpc) is 3.11. The highest BCUT2D eigenvalue weighted by molar-refractivity contribution is 5.55. The summed E-state index contributed by atoms with van der Waals surface area (Å²) < 4.78 is 16.7. The molecule has 3 aromatic carbocycles. The molecule has 5 heteroatoms. The molecule has 0 saturated carbocycles. The van der Waals surface area contributed by atoms with Crippen LogP contribution in [0.3, 0.4) is 0 Å². The number of benzene rings is 3. The van der Waals surface area contributed by atoms with E-state index in [0.29, 0.717) is 11.8 Å². The average molecular weight is 685 g/mol. The Balaban J connectivity index is 0.000000476. The second-order valence-corrected chi connectivity index (χ2v) is 13.2. The second kappa shape index (κ2) is 23.6. The molecule has 0 aliphatic rings. The molecule has 0 saturated heterocycles. The smallest absolute Gasteiger partial charge is 0.163 e. The highest BCUT2D eigenvalue weighted by Gasteiger charge is 2.21. The van der Waals surface area contributed by atoms with E-state index in [4.69, 9.17) is 14.2 Å². The molecule has 0 aliphatic heterocycles. The lowest BCUT2D eigenvalue weighted by Crippen LogP contribution is -2.13. The fourth-order valence-electron chi connectivity index (χ4n) is 6.50. The van der Waals surface area contributed by atoms with Crippen LogP contribution in [0.25, 0.3) is 0 Å². The van der Waals surface area contributed by atoms with Gasteiger partial charge in [-0.2, -0.15) is 0 Å². The Morgan fingerprint density at radius 1 is 0.860 bits per heavy atom. The van der Waals surface area contributed by atoms with Crippen molar-refractivity contribution in [2.75, 3.05) is 42.0 Å². The first-order valence-electron chi connectivity index (χ1n) is 18.1. The number of likely N-dealkylation sites (N-methyl/N-ethyl adjacent to an activating group) is 1. The monoisotopic (exact) mass is 685 g/mol. The first kappa shape index (κ1) is 44.2. The van der Waals surface area contributed by atoms with E-state index in [-0.39, 0.29) is 0 Å². The van der Waals surface area contributed by atoms with Gasteiger partial charge < -0.3 is 25.3 Å². The van der Waals surface area contributed by atoms with Crippen LogP contribution in [-0.4, -0.2) is 42.0 Å². The summed E-state index contributed by atoms with van der Waals surface area (Å²) in [4.78, 5) is 0. The first-order valence-corrected chi connectivity index (χ1v) is 18.1. The largest absolute Gasteiger partial charge is 0.496 e. The molecule has 0 aromatic heterocycles. The normalized spacial score (nSPS) is 12.3. The number of nitrogens with two attached hydrogens (primary N) is 1. The molecule has 0 heterocycles. The molecule has 2 atom stereocenters. The van der Waals surface area contributed by atoms with Gasteiger partial charge in [0.1, 0.15) is 5.75 Å². The van der Waals surface area contributed by atoms with Crippen molar-refractivity contribution >= 4 is 0 Å². The molecule has 2 unspecified atom stereocenters. The Bertz CT molecular complexity index is 1520. The molecule has 0 spiro atoms. The molecule has 0 bridgehead atoms. The minimum atomic E-state index is 0.439. The molecule has 50 heavy (non-hydrogen) atoms. The summed E-state index contributed by atoms with van der Waals surface area (Å²) in [6, 6.07) is 15.5. The van der Waals surface area contributed by atoms with Gasteiger partial charge in [-0.15, -0.1) is 0 Å². The third-order valence-electron chi connectivity index (χ3n) is 9.04. The van der Waals surface area contributed by atoms with Crippen molar-refractivity contribution in [2.24, 2.45) is 5.73 Å². The van der Waals surface area contributed by atoms with Gasteiger partial charge in [0, 0.05) is 0 Å². The van der Waals surface area contributed by atoms with Gasteiger partial charge in [0.05, 0.1) is 21.3 Å². The van der Waals surface area contributed by atoms with E-state index in [1.54, 1.807) is 21.3 Å². The number of rotatable bonds is 16. The van der Waals surface area contributed by atoms with Crippen LogP contribution >= 0.6 is 0 Å². The van der Waals surface area contributed by atoms with E-state index >= 15 is 0 Å². The second-order valence-electron chi connectivity index (χ2n) is 13.2. The number of ether oxygens (including phenoxy) is 3. The van der Waals surface area contributed by atoms with Crippen LogP contribution in [0, 0.1) is 20.8 Å². The molecule has 5 nitrogen and oxygen atoms in total. The molecular weight excluding hydrogens is 617 g/mol. The van der Waals surface area contributed by atoms with Gasteiger partial charge in [-0.05, 0) is 144 Å². The Labute approximate surface area is 306 Å². The molecular formula is C45H68N2O3. The fraction of sp³-hybridized carbons (Fsp3) is 0.467. The van der Waals surface area contributed by atoms with Crippen molar-refractivity contribution in [1.82, 2.24) is 5.32 Å². The number of hydrogen-bond donors (Lipinski definition) is 2. The van der Waals surface area contributed by atoms with Gasteiger partial charge in [0.2, 0.25) is 0 Å². The molecule has 0 radical (unpaired) electrons. The van der Waals surface area contributed by atoms with Crippen LogP contribution in [0.1, 0.15) is 104 Å². The predicted molar refractivity (Wildman–Crippen MR) is 218 cm³/mol. The Kier molecular flexibility index (Phi) is 20.9. The zero-order valence-electron chi connectivity index (χ0n) is 33.7. The molecule has 3 rings (SSSR count). The van der Waals surface area contributed by atoms with Gasteiger partial charge in [-0.3, -0.25) is 0 Å². The fourth-order valence-corrected chi connectivity index (χ4v) is 6.50. The summed E-state index contributed by atoms with van der Waals surface area (Å²) in [5, 5.41) is 3.25. The quantitative estimate of drug-likeness (QED) is 0.147. The maximum absolute atomic E-state index is 5.63. The minimum absolute atomic E-state index is 0.439. The molecule has 0 amide bonds. The Hall–Kier alpha value is -3.80. The highest BCUT2D eigenvalue weighted by Crippen LogP contribution is 2.40. The Morgan fingerprint density at radius 3 is 2.00 bits per heavy atom. The van der Waals surface area contributed by atoms with Gasteiger partial charge >= 0.3 is 0 Å². The summed E-state index contributed by atoms with van der Waals surface area (Å²) >= 11 is 0. The third kappa shape index (κ3) is 13.5. The summed E-state index contributed by atoms with van der Waals surface area (Å²) in [6.07, 6.45) is 11.7. The summed E-state index contributed by atoms with van der Waals surface area (Å²) in [5.74, 6) is 3.58. The van der Waals surface area contributed by atoms with Crippen LogP contribution < -0.4 is 25.3 Å². The SMILES string of the molecule is C=C(C)/C=C\C(=C/C)CC(C)c1cc(C)c(OC)cc1CCNC.CCCc1cc(OC)c(OC)c(C)c1C(C)Cc1ccc(C)cc1.CN. The van der Waals surface area contributed by atoms with Gasteiger partial charge in [-0.25, -0.2) is 0 Å². The number of methoxy groups -OCH3 is 3. The highest BCUT2D eigenvalue weighted by atomic mass is 16.5. The Morgan fingerprint density at radius 2 is 1.48 bits per heavy atom. The topological polar surface area (TPSA) is 65.7 Å². The lowest BCUT2D eigenvalue weighted by molar-refractivity contribution is 0.351. The maximum Gasteiger partial charge on any atom is 0.163 e. The van der Waals surface area contributed by atoms with Gasteiger partial charge in [0.25, 0.3) is 0 Å². The molecule has 0 fully saturated rings. The molecule has 0 aliphatic carbocycles. The van der Waals surface area contributed by atoms with E-state index < -0.39 is 0 Å². The third-order valence-corrected chi connectivity index (χ3v) is 9.04. The summed E-state index contributed by atoms with van der Waals surface area (Å²) in [7, 11) is 8.67. The zero-order chi connectivity index (χ0) is 37.8. The van der Waals surface area contributed by atoms with Crippen molar-refractivity contribution in [2.45, 2.75) is 99.3 Å². The molecule has 276 valence electrons. The van der Waals surface area contributed by atoms with E-state index in [1.165, 1.54) is 57.1 Å². The van der Waals surface area contributed by atoms with E-state index in [9.17, 15) is 0 Å². The van der Waals surface area contributed by atoms with Crippen molar-refractivity contribution < 1.29 is 14.2 Å². The van der Waals surface area contributed by atoms with Crippen molar-refractivity contribution in [1.29, 1.82) is 0 Å². The van der Waals surface area contributed by atoms with Crippen LogP contribution in [0.2, 0.25) is 0 Å². The number of nitrogens with one attached hydrogen (secondary N) is 1. The van der Waals surface area contributed by atoms with Crippen LogP contribution in [0.5, 0.6) is 17.2 Å². The van der Waals surface area contributed by atoms with E-state index in [0.717, 1.165) is 61.5 Å². The lowest BCUT2D eigenvalue weighted by atomic mass is 9.85. The molecule has 3 N–H and O–H groups in total. The van der Waals surface area contributed by atoms with Crippen LogP contribution in [0.15, 0.2) is 78.4 Å². The summed E-state index contributed by atoms with van der Waals surface area (Å²) in [6.45, 7) is 22.3. The maximum atomic E-state index is 5.63. The van der Waals surface area contributed by atoms with E-state index in [2.05, 4.69) is 127 Å². The predicted octanol–water partition coefficient (Wildman–Crippen LogP) is 10.5. The number of allylic oxidation sites excluding steroid dienone is 5. The minimum Gasteiger partial charge on any atom is -0.496 e. The van der Waals surface area contributed by atoms with E-state index in [1.807, 2.05) is 14.0 Å². The first-order chi connectivity index (χ1) is 23.9. The van der Waals surface area contributed by atoms with Crippen molar-refractivity contribution in [3.8, 4) is 17.2 Å². The van der Waals surface area contributed by atoms with Gasteiger partial charge in [0.15, 0.2) is 11.5 Å². The molecule has 3 aromatic rings.